The summed E-state index contributed by atoms with van der Waals surface area (Å²) in [6, 6.07) is -0.971. The molecule has 31 heavy (non-hydrogen) atoms. The first kappa shape index (κ1) is 22.9. The van der Waals surface area contributed by atoms with Gasteiger partial charge in [-0.15, -0.1) is 0 Å². The second-order valence-electron chi connectivity index (χ2n) is 7.88. The van der Waals surface area contributed by atoms with Crippen molar-refractivity contribution < 1.29 is 33.4 Å². The zero-order chi connectivity index (χ0) is 23.1. The van der Waals surface area contributed by atoms with Gasteiger partial charge in [-0.05, 0) is 12.8 Å². The third-order valence-corrected chi connectivity index (χ3v) is 5.38. The lowest BCUT2D eigenvalue weighted by molar-refractivity contribution is -0.158. The third-order valence-electron chi connectivity index (χ3n) is 5.38. The Hall–Kier alpha value is -2.77. The fourth-order valence-corrected chi connectivity index (χ4v) is 3.47. The number of nitrogens with zero attached hydrogens (tertiary/aromatic N) is 3. The van der Waals surface area contributed by atoms with Crippen LogP contribution in [0.2, 0.25) is 0 Å². The minimum absolute atomic E-state index is 0.177. The summed E-state index contributed by atoms with van der Waals surface area (Å²) in [5.74, 6) is -3.74. The Morgan fingerprint density at radius 2 is 2.19 bits per heavy atom. The molecule has 0 radical (unpaired) electrons. The Morgan fingerprint density at radius 3 is 2.77 bits per heavy atom. The van der Waals surface area contributed by atoms with Crippen LogP contribution in [-0.2, 0) is 23.9 Å². The van der Waals surface area contributed by atoms with E-state index in [0.29, 0.717) is 0 Å². The number of esters is 1. The predicted molar refractivity (Wildman–Crippen MR) is 105 cm³/mol. The van der Waals surface area contributed by atoms with E-state index in [1.54, 1.807) is 13.8 Å². The summed E-state index contributed by atoms with van der Waals surface area (Å²) in [4.78, 5) is 47.4. The molecule has 1 amide bonds. The van der Waals surface area contributed by atoms with Gasteiger partial charge in [-0.25, -0.2) is 9.38 Å². The number of nitrogens with one attached hydrogen (secondary N) is 2. The number of fused-ring (bicyclic) bond motifs is 1. The largest absolute Gasteiger partial charge is 0.453 e. The Bertz CT molecular complexity index is 862. The van der Waals surface area contributed by atoms with Gasteiger partial charge in [0.1, 0.15) is 24.5 Å². The number of amidine groups is 1. The number of aliphatic hydroxyl groups excluding tert-OH is 1. The van der Waals surface area contributed by atoms with E-state index in [-0.39, 0.29) is 18.2 Å². The Morgan fingerprint density at radius 1 is 1.52 bits per heavy atom. The number of ketones is 1. The van der Waals surface area contributed by atoms with Crippen LogP contribution in [0.25, 0.3) is 0 Å². The van der Waals surface area contributed by atoms with Gasteiger partial charge in [0, 0.05) is 6.42 Å². The SMILES string of the molecule is CC(C)[C@H](N)C(=O)O[C@@H](C)C(=O)C12N=CN([C@H]3CC(F)[C@@H](CO)O3)C1=NC(=N)NC2=O. The highest BCUT2D eigenvalue weighted by atomic mass is 19.1. The van der Waals surface area contributed by atoms with Crippen molar-refractivity contribution >= 4 is 35.8 Å². The second kappa shape index (κ2) is 8.40. The van der Waals surface area contributed by atoms with Crippen molar-refractivity contribution in [1.29, 1.82) is 5.41 Å². The van der Waals surface area contributed by atoms with E-state index in [0.717, 1.165) is 6.34 Å². The number of aliphatic hydroxyl groups is 1. The van der Waals surface area contributed by atoms with Crippen molar-refractivity contribution in [2.75, 3.05) is 6.61 Å². The topological polar surface area (TPSA) is 180 Å². The van der Waals surface area contributed by atoms with E-state index in [1.807, 2.05) is 0 Å². The second-order valence-corrected chi connectivity index (χ2v) is 7.88. The zero-order valence-electron chi connectivity index (χ0n) is 17.2. The first-order valence-electron chi connectivity index (χ1n) is 9.76. The third kappa shape index (κ3) is 3.83. The quantitative estimate of drug-likeness (QED) is 0.271. The van der Waals surface area contributed by atoms with Gasteiger partial charge >= 0.3 is 5.97 Å². The van der Waals surface area contributed by atoms with E-state index >= 15 is 0 Å². The van der Waals surface area contributed by atoms with Crippen molar-refractivity contribution in [2.24, 2.45) is 21.6 Å². The molecule has 12 nitrogen and oxygen atoms in total. The van der Waals surface area contributed by atoms with E-state index in [2.05, 4.69) is 15.3 Å². The van der Waals surface area contributed by atoms with Crippen LogP contribution >= 0.6 is 0 Å². The van der Waals surface area contributed by atoms with Crippen LogP contribution in [0, 0.1) is 11.3 Å². The highest BCUT2D eigenvalue weighted by Crippen LogP contribution is 2.33. The number of amides is 1. The molecule has 3 heterocycles. The van der Waals surface area contributed by atoms with Gasteiger partial charge in [0.2, 0.25) is 11.7 Å². The van der Waals surface area contributed by atoms with Crippen LogP contribution in [0.4, 0.5) is 4.39 Å². The molecule has 0 aromatic carbocycles. The van der Waals surface area contributed by atoms with Gasteiger partial charge in [0.05, 0.1) is 12.9 Å². The molecule has 0 aliphatic carbocycles. The number of ether oxygens (including phenoxy) is 2. The number of alkyl halides is 1. The van der Waals surface area contributed by atoms with Crippen molar-refractivity contribution in [1.82, 2.24) is 10.2 Å². The maximum atomic E-state index is 14.1. The van der Waals surface area contributed by atoms with Crippen molar-refractivity contribution in [3.05, 3.63) is 0 Å². The molecule has 170 valence electrons. The molecule has 0 bridgehead atoms. The first-order valence-corrected chi connectivity index (χ1v) is 9.76. The lowest BCUT2D eigenvalue weighted by Gasteiger charge is -2.33. The number of carbonyl (C=O) groups is 3. The Balaban J connectivity index is 1.89. The van der Waals surface area contributed by atoms with Crippen LogP contribution in [0.3, 0.4) is 0 Å². The molecule has 0 saturated carbocycles. The van der Waals surface area contributed by atoms with Gasteiger partial charge in [-0.3, -0.25) is 30.0 Å². The molecule has 0 aromatic heterocycles. The van der Waals surface area contributed by atoms with Crippen molar-refractivity contribution in [2.45, 2.75) is 63.4 Å². The zero-order valence-corrected chi connectivity index (χ0v) is 17.2. The number of hydrogen-bond donors (Lipinski definition) is 4. The van der Waals surface area contributed by atoms with Gasteiger partial charge < -0.3 is 20.3 Å². The highest BCUT2D eigenvalue weighted by molar-refractivity contribution is 6.39. The van der Waals surface area contributed by atoms with Crippen LogP contribution in [0.15, 0.2) is 9.98 Å². The van der Waals surface area contributed by atoms with E-state index in [9.17, 15) is 23.9 Å². The van der Waals surface area contributed by atoms with E-state index in [1.165, 1.54) is 11.8 Å². The van der Waals surface area contributed by atoms with Gasteiger partial charge in [-0.2, -0.15) is 4.99 Å². The number of carbonyl (C=O) groups excluding carboxylic acids is 3. The smallest absolute Gasteiger partial charge is 0.323 e. The monoisotopic (exact) mass is 440 g/mol. The summed E-state index contributed by atoms with van der Waals surface area (Å²) >= 11 is 0. The minimum atomic E-state index is -2.24. The predicted octanol–water partition coefficient (Wildman–Crippen LogP) is -1.54. The van der Waals surface area contributed by atoms with E-state index in [4.69, 9.17) is 20.6 Å². The molecular formula is C18H25FN6O6. The molecule has 6 atom stereocenters. The molecule has 13 heteroatoms. The summed E-state index contributed by atoms with van der Waals surface area (Å²) in [7, 11) is 0. The summed E-state index contributed by atoms with van der Waals surface area (Å²) < 4.78 is 24.7. The molecule has 1 fully saturated rings. The van der Waals surface area contributed by atoms with Gasteiger partial charge in [0.25, 0.3) is 11.4 Å². The molecule has 5 N–H and O–H groups in total. The summed E-state index contributed by atoms with van der Waals surface area (Å²) in [6.07, 6.45) is -4.07. The number of guanidine groups is 1. The average Bonchev–Trinajstić information content (AvgIpc) is 3.27. The van der Waals surface area contributed by atoms with Crippen molar-refractivity contribution in [3.63, 3.8) is 0 Å². The molecule has 0 spiro atoms. The average molecular weight is 440 g/mol. The number of halogens is 1. The Kier molecular flexibility index (Phi) is 6.21. The lowest BCUT2D eigenvalue weighted by Crippen LogP contribution is -2.65. The van der Waals surface area contributed by atoms with Gasteiger partial charge in [0.15, 0.2) is 11.9 Å². The van der Waals surface area contributed by atoms with Crippen LogP contribution < -0.4 is 11.1 Å². The molecular weight excluding hydrogens is 415 g/mol. The molecule has 1 saturated heterocycles. The molecule has 3 aliphatic heterocycles. The number of hydrogen-bond acceptors (Lipinski definition) is 10. The van der Waals surface area contributed by atoms with Gasteiger partial charge in [-0.1, -0.05) is 13.8 Å². The Labute approximate surface area is 177 Å². The standard InChI is InChI=1S/C18H25FN6O6/c1-7(2)12(20)14(28)30-8(3)13(27)18-15(23-17(21)24-16(18)29)25(6-22-18)11-4-9(19)10(5-26)31-11/h6-12,26H,4-5,20H2,1-3H3,(H2,21,24,29)/t8-,9?,10+,11+,12-,18?/m0/s1. The molecule has 3 aliphatic rings. The van der Waals surface area contributed by atoms with Crippen molar-refractivity contribution in [3.8, 4) is 0 Å². The number of Topliss-reactive ketones (excluding diaryl/α,β-unsaturated/α-hetero) is 1. The summed E-state index contributed by atoms with van der Waals surface area (Å²) in [6.45, 7) is 4.14. The fourth-order valence-electron chi connectivity index (χ4n) is 3.47. The number of aliphatic imine (C=N–C) groups is 2. The lowest BCUT2D eigenvalue weighted by atomic mass is 9.88. The van der Waals surface area contributed by atoms with Crippen LogP contribution in [0.5, 0.6) is 0 Å². The summed E-state index contributed by atoms with van der Waals surface area (Å²) in [5, 5.41) is 19.1. The minimum Gasteiger partial charge on any atom is -0.453 e. The maximum Gasteiger partial charge on any atom is 0.323 e. The summed E-state index contributed by atoms with van der Waals surface area (Å²) in [5.41, 5.74) is 3.52. The van der Waals surface area contributed by atoms with Crippen LogP contribution in [0.1, 0.15) is 27.2 Å². The number of nitrogens with two attached hydrogens (primary N) is 1. The normalized spacial score (nSPS) is 31.9. The first-order chi connectivity index (χ1) is 14.5. The van der Waals surface area contributed by atoms with E-state index < -0.39 is 66.4 Å². The maximum absolute atomic E-state index is 14.1. The number of rotatable bonds is 7. The fraction of sp³-hybridized carbons (Fsp3) is 0.667. The molecule has 0 aromatic rings. The highest BCUT2D eigenvalue weighted by Gasteiger charge is 2.61. The van der Waals surface area contributed by atoms with Crippen LogP contribution in [-0.4, -0.2) is 88.6 Å². The molecule has 3 rings (SSSR count). The molecule has 2 unspecified atom stereocenters.